The molecule has 0 unspecified atom stereocenters. The van der Waals surface area contributed by atoms with Crippen LogP contribution in [0.5, 0.6) is 5.75 Å². The number of nitrogens with zero attached hydrogens (tertiary/aromatic N) is 3. The van der Waals surface area contributed by atoms with Gasteiger partial charge < -0.3 is 15.4 Å². The van der Waals surface area contributed by atoms with Crippen LogP contribution in [-0.2, 0) is 9.59 Å². The van der Waals surface area contributed by atoms with Crippen molar-refractivity contribution in [2.24, 2.45) is 22.7 Å². The van der Waals surface area contributed by atoms with Gasteiger partial charge in [0, 0.05) is 24.7 Å². The van der Waals surface area contributed by atoms with Crippen molar-refractivity contribution in [3.8, 4) is 24.0 Å². The van der Waals surface area contributed by atoms with Crippen molar-refractivity contribution >= 4 is 11.8 Å². The highest BCUT2D eigenvalue weighted by molar-refractivity contribution is 5.94. The maximum Gasteiger partial charge on any atom is 0.245 e. The monoisotopic (exact) mass is 391 g/mol. The zero-order valence-corrected chi connectivity index (χ0v) is 16.6. The van der Waals surface area contributed by atoms with Crippen LogP contribution in [-0.4, -0.2) is 24.6 Å². The highest BCUT2D eigenvalue weighted by atomic mass is 16.5. The van der Waals surface area contributed by atoms with Crippen LogP contribution in [0.2, 0.25) is 0 Å². The van der Waals surface area contributed by atoms with Gasteiger partial charge in [-0.1, -0.05) is 26.0 Å². The molecule has 3 rings (SSSR count). The minimum absolute atomic E-state index is 0.382. The smallest absolute Gasteiger partial charge is 0.245 e. The van der Waals surface area contributed by atoms with Crippen LogP contribution in [0.1, 0.15) is 32.3 Å². The van der Waals surface area contributed by atoms with Crippen molar-refractivity contribution in [2.45, 2.75) is 32.4 Å². The zero-order chi connectivity index (χ0) is 21.6. The lowest BCUT2D eigenvalue weighted by Crippen LogP contribution is -2.69. The lowest BCUT2D eigenvalue weighted by Gasteiger charge is -2.54. The average molecular weight is 391 g/mol. The lowest BCUT2D eigenvalue weighted by molar-refractivity contribution is -0.131. The van der Waals surface area contributed by atoms with Crippen molar-refractivity contribution in [1.29, 1.82) is 15.8 Å². The fourth-order valence-electron chi connectivity index (χ4n) is 5.32. The molecule has 1 aromatic rings. The molecule has 2 bridgehead atoms. The number of fused-ring (bicyclic) bond motifs is 2. The first-order valence-corrected chi connectivity index (χ1v) is 9.19. The molecule has 2 fully saturated rings. The lowest BCUT2D eigenvalue weighted by atomic mass is 9.44. The molecule has 1 aliphatic carbocycles. The minimum atomic E-state index is -1.95. The normalized spacial score (nSPS) is 34.1. The molecule has 1 aromatic carbocycles. The van der Waals surface area contributed by atoms with E-state index in [2.05, 4.69) is 10.6 Å². The summed E-state index contributed by atoms with van der Waals surface area (Å²) in [6, 6.07) is 12.9. The highest BCUT2D eigenvalue weighted by Crippen LogP contribution is 2.66. The Hall–Kier alpha value is -3.57. The summed E-state index contributed by atoms with van der Waals surface area (Å²) in [5.41, 5.74) is -4.55. The van der Waals surface area contributed by atoms with E-state index in [0.29, 0.717) is 11.3 Å². The molecular weight excluding hydrogens is 370 g/mol. The Kier molecular flexibility index (Phi) is 4.52. The van der Waals surface area contributed by atoms with Crippen molar-refractivity contribution in [1.82, 2.24) is 10.6 Å². The second-order valence-electron chi connectivity index (χ2n) is 7.72. The Balaban J connectivity index is 2.36. The largest absolute Gasteiger partial charge is 0.497 e. The number of hydrogen-bond donors (Lipinski definition) is 2. The van der Waals surface area contributed by atoms with Crippen LogP contribution in [0.25, 0.3) is 0 Å². The van der Waals surface area contributed by atoms with Crippen LogP contribution >= 0.6 is 0 Å². The van der Waals surface area contributed by atoms with E-state index in [0.717, 1.165) is 0 Å². The zero-order valence-electron chi connectivity index (χ0n) is 16.6. The third-order valence-electron chi connectivity index (χ3n) is 6.70. The van der Waals surface area contributed by atoms with Gasteiger partial charge in [-0.25, -0.2) is 0 Å². The standard InChI is InChI=1S/C21H21N5O3/c1-12-17(15-5-7-16(29-4)8-6-15)19(9-22,10-23)20(11-24)13(2)21(12,25-14(3)27)26-18(20)28/h5-8,12-13,17H,1-4H3,(H,25,27)(H,26,28)/t12-,13-,17+,20-,21-/m1/s1. The fourth-order valence-corrected chi connectivity index (χ4v) is 5.32. The first kappa shape index (κ1) is 20.2. The predicted octanol–water partition coefficient (Wildman–Crippen LogP) is 1.57. The average Bonchev–Trinajstić information content (AvgIpc) is 2.89. The van der Waals surface area contributed by atoms with Gasteiger partial charge in [-0.05, 0) is 17.7 Å². The molecule has 0 aromatic heterocycles. The molecule has 2 aliphatic rings. The molecular formula is C21H21N5O3. The topological polar surface area (TPSA) is 139 Å². The van der Waals surface area contributed by atoms with E-state index < -0.39 is 40.2 Å². The van der Waals surface area contributed by atoms with Crippen molar-refractivity contribution in [2.75, 3.05) is 7.11 Å². The van der Waals surface area contributed by atoms with E-state index in [-0.39, 0.29) is 5.91 Å². The van der Waals surface area contributed by atoms with E-state index in [1.807, 2.05) is 18.2 Å². The maximum atomic E-state index is 13.2. The molecule has 5 atom stereocenters. The molecule has 8 heteroatoms. The Morgan fingerprint density at radius 2 is 1.72 bits per heavy atom. The van der Waals surface area contributed by atoms with Crippen LogP contribution < -0.4 is 15.4 Å². The number of ether oxygens (including phenoxy) is 1. The number of nitrogens with one attached hydrogen (secondary N) is 2. The number of carbonyl (C=O) groups is 2. The number of methoxy groups -OCH3 is 1. The number of nitriles is 3. The summed E-state index contributed by atoms with van der Waals surface area (Å²) < 4.78 is 5.18. The summed E-state index contributed by atoms with van der Waals surface area (Å²) in [5.74, 6) is -2.68. The first-order chi connectivity index (χ1) is 13.7. The predicted molar refractivity (Wildman–Crippen MR) is 100 cm³/mol. The molecule has 0 radical (unpaired) electrons. The van der Waals surface area contributed by atoms with Crippen LogP contribution in [0.15, 0.2) is 24.3 Å². The van der Waals surface area contributed by atoms with E-state index in [4.69, 9.17) is 4.74 Å². The number of benzene rings is 1. The number of carbonyl (C=O) groups excluding carboxylic acids is 2. The molecule has 148 valence electrons. The molecule has 2 amide bonds. The van der Waals surface area contributed by atoms with Crippen molar-refractivity contribution in [3.63, 3.8) is 0 Å². The Morgan fingerprint density at radius 1 is 1.14 bits per heavy atom. The van der Waals surface area contributed by atoms with Gasteiger partial charge in [0.25, 0.3) is 0 Å². The molecule has 2 N–H and O–H groups in total. The molecule has 0 spiro atoms. The number of rotatable bonds is 3. The second-order valence-corrected chi connectivity index (χ2v) is 7.72. The summed E-state index contributed by atoms with van der Waals surface area (Å²) in [5, 5.41) is 36.1. The summed E-state index contributed by atoms with van der Waals surface area (Å²) >= 11 is 0. The van der Waals surface area contributed by atoms with E-state index in [1.165, 1.54) is 14.0 Å². The summed E-state index contributed by atoms with van der Waals surface area (Å²) in [6.07, 6.45) is 0. The second kappa shape index (κ2) is 6.50. The van der Waals surface area contributed by atoms with E-state index in [9.17, 15) is 25.4 Å². The van der Waals surface area contributed by atoms with E-state index in [1.54, 1.807) is 38.1 Å². The molecule has 8 nitrogen and oxygen atoms in total. The number of amides is 2. The van der Waals surface area contributed by atoms with Crippen molar-refractivity contribution in [3.05, 3.63) is 29.8 Å². The summed E-state index contributed by atoms with van der Waals surface area (Å²) in [7, 11) is 1.52. The Labute approximate surface area is 169 Å². The van der Waals surface area contributed by atoms with Crippen molar-refractivity contribution < 1.29 is 14.3 Å². The quantitative estimate of drug-likeness (QED) is 0.802. The molecule has 29 heavy (non-hydrogen) atoms. The first-order valence-electron chi connectivity index (χ1n) is 9.19. The molecule has 1 saturated carbocycles. The fraction of sp³-hybridized carbons (Fsp3) is 0.476. The van der Waals surface area contributed by atoms with Gasteiger partial charge >= 0.3 is 0 Å². The molecule has 1 heterocycles. The van der Waals surface area contributed by atoms with Crippen LogP contribution in [0, 0.1) is 56.7 Å². The minimum Gasteiger partial charge on any atom is -0.497 e. The third-order valence-corrected chi connectivity index (χ3v) is 6.70. The van der Waals surface area contributed by atoms with Gasteiger partial charge in [-0.2, -0.15) is 15.8 Å². The van der Waals surface area contributed by atoms with E-state index >= 15 is 0 Å². The Bertz CT molecular complexity index is 985. The van der Waals surface area contributed by atoms with Gasteiger partial charge in [0.1, 0.15) is 11.4 Å². The van der Waals surface area contributed by atoms with Crippen LogP contribution in [0.4, 0.5) is 0 Å². The number of hydrogen-bond acceptors (Lipinski definition) is 6. The highest BCUT2D eigenvalue weighted by Gasteiger charge is 2.80. The maximum absolute atomic E-state index is 13.2. The summed E-state index contributed by atoms with van der Waals surface area (Å²) in [4.78, 5) is 25.2. The molecule has 1 aliphatic heterocycles. The van der Waals surface area contributed by atoms with Gasteiger partial charge in [-0.3, -0.25) is 9.59 Å². The van der Waals surface area contributed by atoms with Crippen LogP contribution in [0.3, 0.4) is 0 Å². The van der Waals surface area contributed by atoms with Gasteiger partial charge in [0.05, 0.1) is 25.3 Å². The van der Waals surface area contributed by atoms with Gasteiger partial charge in [-0.15, -0.1) is 0 Å². The molecule has 1 saturated heterocycles. The van der Waals surface area contributed by atoms with Gasteiger partial charge in [0.15, 0.2) is 10.8 Å². The third kappa shape index (κ3) is 2.22. The Morgan fingerprint density at radius 3 is 2.17 bits per heavy atom. The summed E-state index contributed by atoms with van der Waals surface area (Å²) in [6.45, 7) is 4.73. The van der Waals surface area contributed by atoms with Gasteiger partial charge in [0.2, 0.25) is 11.8 Å². The SMILES string of the molecule is COc1ccc([C@@H]2[C@@H](C)[C@@]3(NC(C)=O)NC(=O)[C@@](C#N)([C@H]3C)C2(C#N)C#N)cc1.